The molecule has 0 saturated carbocycles. The molecule has 0 radical (unpaired) electrons. The van der Waals surface area contributed by atoms with Crippen LogP contribution in [0.2, 0.25) is 5.02 Å². The van der Waals surface area contributed by atoms with E-state index in [1.165, 1.54) is 4.90 Å². The molecule has 190 valence electrons. The van der Waals surface area contributed by atoms with Gasteiger partial charge in [0.25, 0.3) is 0 Å². The van der Waals surface area contributed by atoms with Gasteiger partial charge in [0.2, 0.25) is 0 Å². The number of amides is 1. The van der Waals surface area contributed by atoms with Crippen molar-refractivity contribution in [1.82, 2.24) is 29.6 Å². The van der Waals surface area contributed by atoms with Gasteiger partial charge in [-0.1, -0.05) is 11.6 Å². The topological polar surface area (TPSA) is 89.3 Å². The highest BCUT2D eigenvalue weighted by Crippen LogP contribution is 2.37. The van der Waals surface area contributed by atoms with Crippen LogP contribution in [0.4, 0.5) is 19.4 Å². The lowest BCUT2D eigenvalue weighted by Crippen LogP contribution is -2.37. The largest absolute Gasteiger partial charge is 0.440 e. The molecule has 2 aromatic heterocycles. The van der Waals surface area contributed by atoms with Crippen LogP contribution in [-0.4, -0.2) is 68.3 Å². The molecule has 1 unspecified atom stereocenters. The summed E-state index contributed by atoms with van der Waals surface area (Å²) in [5, 5.41) is 9.54. The first kappa shape index (κ1) is 24.4. The maximum Gasteiger partial charge on any atom is 0.411 e. The van der Waals surface area contributed by atoms with Gasteiger partial charge in [-0.3, -0.25) is 9.47 Å². The van der Waals surface area contributed by atoms with Crippen molar-refractivity contribution in [2.24, 2.45) is 0 Å². The number of hydrogen-bond acceptors (Lipinski definition) is 7. The number of nitrogens with zero attached hydrogens (tertiary/aromatic N) is 7. The molecule has 0 spiro atoms. The van der Waals surface area contributed by atoms with Crippen molar-refractivity contribution in [3.05, 3.63) is 59.0 Å². The van der Waals surface area contributed by atoms with Crippen molar-refractivity contribution in [3.63, 3.8) is 0 Å². The third-order valence-corrected chi connectivity index (χ3v) is 7.01. The highest BCUT2D eigenvalue weighted by atomic mass is 35.5. The molecule has 5 rings (SSSR count). The summed E-state index contributed by atoms with van der Waals surface area (Å²) in [5.74, 6) is 2.40. The van der Waals surface area contributed by atoms with E-state index in [9.17, 15) is 13.6 Å². The molecule has 3 aromatic rings. The van der Waals surface area contributed by atoms with E-state index in [1.54, 1.807) is 31.6 Å². The molecule has 1 saturated heterocycles. The summed E-state index contributed by atoms with van der Waals surface area (Å²) in [6.45, 7) is 1.37. The number of aromatic nitrogens is 5. The van der Waals surface area contributed by atoms with Crippen LogP contribution < -0.4 is 4.90 Å². The zero-order chi connectivity index (χ0) is 25.2. The van der Waals surface area contributed by atoms with Crippen molar-refractivity contribution in [3.8, 4) is 5.69 Å². The average molecular weight is 518 g/mol. The number of anilines is 1. The minimum atomic E-state index is -1.44. The zero-order valence-corrected chi connectivity index (χ0v) is 20.5. The Kier molecular flexibility index (Phi) is 6.99. The molecule has 1 amide bonds. The lowest BCUT2D eigenvalue weighted by atomic mass is 9.95. The number of fused-ring (bicyclic) bond motifs is 3. The molecule has 1 atom stereocenters. The Morgan fingerprint density at radius 1 is 1.17 bits per heavy atom. The van der Waals surface area contributed by atoms with Crippen LogP contribution in [0.25, 0.3) is 5.69 Å². The fraction of sp³-hybridized carbons (Fsp3) is 0.458. The summed E-state index contributed by atoms with van der Waals surface area (Å²) in [5.41, 5.74) is 1.59. The second kappa shape index (κ2) is 10.3. The van der Waals surface area contributed by atoms with E-state index in [0.717, 1.165) is 48.8 Å². The van der Waals surface area contributed by atoms with Crippen molar-refractivity contribution in [1.29, 1.82) is 0 Å². The maximum absolute atomic E-state index is 13.0. The molecule has 2 aliphatic heterocycles. The summed E-state index contributed by atoms with van der Waals surface area (Å²) < 4.78 is 33.2. The number of carbonyl (C=O) groups is 1. The number of hydrogen-bond donors (Lipinski definition) is 0. The van der Waals surface area contributed by atoms with Gasteiger partial charge in [-0.25, -0.2) is 23.5 Å². The first-order valence-electron chi connectivity index (χ1n) is 11.8. The van der Waals surface area contributed by atoms with E-state index in [4.69, 9.17) is 16.3 Å². The van der Waals surface area contributed by atoms with Crippen LogP contribution in [0.3, 0.4) is 0 Å². The monoisotopic (exact) mass is 517 g/mol. The standard InChI is InChI=1S/C24H26ClF2N7O2/c1-15-22-30-31-23(16-5-8-32(9-6-16)21-4-7-28-14-29-21)34(22)20-3-2-18(25)10-17(20)13-33(15)24(35)36-19(11-26)12-27/h2-4,7,10,14-16,19H,5-6,8-9,11-13H2,1H3. The van der Waals surface area contributed by atoms with Crippen molar-refractivity contribution >= 4 is 23.5 Å². The number of ether oxygens (including phenoxy) is 1. The Labute approximate surface area is 212 Å². The quantitative estimate of drug-likeness (QED) is 0.495. The van der Waals surface area contributed by atoms with Crippen LogP contribution in [0.15, 0.2) is 36.8 Å². The van der Waals surface area contributed by atoms with E-state index in [1.807, 2.05) is 16.7 Å². The third kappa shape index (κ3) is 4.59. The molecule has 0 bridgehead atoms. The Morgan fingerprint density at radius 2 is 1.92 bits per heavy atom. The zero-order valence-electron chi connectivity index (χ0n) is 19.7. The molecular weight excluding hydrogens is 492 g/mol. The summed E-state index contributed by atoms with van der Waals surface area (Å²) in [7, 11) is 0. The smallest absolute Gasteiger partial charge is 0.411 e. The fourth-order valence-electron chi connectivity index (χ4n) is 4.82. The Morgan fingerprint density at radius 3 is 2.61 bits per heavy atom. The average Bonchev–Trinajstić information content (AvgIpc) is 3.31. The predicted octanol–water partition coefficient (Wildman–Crippen LogP) is 4.42. The van der Waals surface area contributed by atoms with E-state index in [2.05, 4.69) is 25.1 Å². The minimum Gasteiger partial charge on any atom is -0.440 e. The van der Waals surface area contributed by atoms with Gasteiger partial charge in [-0.05, 0) is 49.6 Å². The van der Waals surface area contributed by atoms with Crippen molar-refractivity contribution in [2.75, 3.05) is 31.3 Å². The van der Waals surface area contributed by atoms with Gasteiger partial charge < -0.3 is 9.64 Å². The van der Waals surface area contributed by atoms with Gasteiger partial charge in [-0.2, -0.15) is 0 Å². The fourth-order valence-corrected chi connectivity index (χ4v) is 5.02. The van der Waals surface area contributed by atoms with Gasteiger partial charge in [-0.15, -0.1) is 10.2 Å². The summed E-state index contributed by atoms with van der Waals surface area (Å²) in [6.07, 6.45) is 2.71. The first-order chi connectivity index (χ1) is 17.5. The second-order valence-corrected chi connectivity index (χ2v) is 9.41. The van der Waals surface area contributed by atoms with E-state index in [0.29, 0.717) is 10.8 Å². The number of rotatable bonds is 5. The molecule has 1 aromatic carbocycles. The Bertz CT molecular complexity index is 1220. The Hall–Kier alpha value is -3.34. The lowest BCUT2D eigenvalue weighted by Gasteiger charge is -2.32. The maximum atomic E-state index is 13.0. The number of halogens is 3. The first-order valence-corrected chi connectivity index (χ1v) is 12.2. The molecule has 4 heterocycles. The SMILES string of the molecule is CC1c2nnc(C3CCN(c4ccncn4)CC3)n2-c2ccc(Cl)cc2CN1C(=O)OC(CF)CF. The highest BCUT2D eigenvalue weighted by molar-refractivity contribution is 6.30. The molecule has 2 aliphatic rings. The van der Waals surface area contributed by atoms with E-state index >= 15 is 0 Å². The normalized spacial score (nSPS) is 18.1. The summed E-state index contributed by atoms with van der Waals surface area (Å²) in [4.78, 5) is 24.9. The van der Waals surface area contributed by atoms with Gasteiger partial charge in [0.05, 0.1) is 18.3 Å². The Balaban J connectivity index is 1.47. The third-order valence-electron chi connectivity index (χ3n) is 6.77. The van der Waals surface area contributed by atoms with E-state index in [-0.39, 0.29) is 12.5 Å². The van der Waals surface area contributed by atoms with Gasteiger partial charge in [0.1, 0.15) is 31.3 Å². The molecular formula is C24H26ClF2N7O2. The van der Waals surface area contributed by atoms with Gasteiger partial charge >= 0.3 is 6.09 Å². The molecule has 36 heavy (non-hydrogen) atoms. The van der Waals surface area contributed by atoms with Gasteiger partial charge in [0, 0.05) is 30.2 Å². The number of carbonyl (C=O) groups excluding carboxylic acids is 1. The lowest BCUT2D eigenvalue weighted by molar-refractivity contribution is 0.0286. The van der Waals surface area contributed by atoms with Crippen LogP contribution in [0.5, 0.6) is 0 Å². The minimum absolute atomic E-state index is 0.140. The molecule has 1 fully saturated rings. The van der Waals surface area contributed by atoms with E-state index < -0.39 is 31.6 Å². The predicted molar refractivity (Wildman–Crippen MR) is 129 cm³/mol. The summed E-state index contributed by atoms with van der Waals surface area (Å²) in [6, 6.07) is 6.80. The molecule has 0 N–H and O–H groups in total. The molecule has 9 nitrogen and oxygen atoms in total. The van der Waals surface area contributed by atoms with Crippen LogP contribution in [-0.2, 0) is 11.3 Å². The van der Waals surface area contributed by atoms with Crippen molar-refractivity contribution in [2.45, 2.75) is 44.4 Å². The van der Waals surface area contributed by atoms with Crippen molar-refractivity contribution < 1.29 is 18.3 Å². The van der Waals surface area contributed by atoms with Crippen LogP contribution >= 0.6 is 11.6 Å². The molecule has 0 aliphatic carbocycles. The highest BCUT2D eigenvalue weighted by Gasteiger charge is 2.36. The molecule has 12 heteroatoms. The number of piperidine rings is 1. The van der Waals surface area contributed by atoms with Crippen LogP contribution in [0.1, 0.15) is 48.9 Å². The second-order valence-electron chi connectivity index (χ2n) is 8.97. The number of alkyl halides is 2. The van der Waals surface area contributed by atoms with Crippen LogP contribution in [0, 0.1) is 0 Å². The van der Waals surface area contributed by atoms with Gasteiger partial charge in [0.15, 0.2) is 11.9 Å². The summed E-state index contributed by atoms with van der Waals surface area (Å²) >= 11 is 6.30. The number of benzene rings is 1.